The summed E-state index contributed by atoms with van der Waals surface area (Å²) in [4.78, 5) is 0. The third-order valence-corrected chi connectivity index (χ3v) is 2.50. The Hall–Kier alpha value is -2.49. The van der Waals surface area contributed by atoms with E-state index in [4.69, 9.17) is 4.74 Å². The van der Waals surface area contributed by atoms with Crippen molar-refractivity contribution >= 4 is 11.9 Å². The van der Waals surface area contributed by atoms with Crippen molar-refractivity contribution in [2.75, 3.05) is 12.0 Å². The van der Waals surface area contributed by atoms with Gasteiger partial charge in [0.1, 0.15) is 0 Å². The van der Waals surface area contributed by atoms with E-state index in [1.54, 1.807) is 18.3 Å². The highest BCUT2D eigenvalue weighted by atomic mass is 16.5. The molecule has 4 heteroatoms. The summed E-state index contributed by atoms with van der Waals surface area (Å²) in [5, 5.41) is 14.1. The largest absolute Gasteiger partial charge is 0.504 e. The summed E-state index contributed by atoms with van der Waals surface area (Å²) >= 11 is 0. The monoisotopic (exact) mass is 256 g/mol. The normalized spacial score (nSPS) is 10.6. The molecule has 2 aromatic carbocycles. The fraction of sp³-hybridized carbons (Fsp3) is 0.133. The van der Waals surface area contributed by atoms with Crippen molar-refractivity contribution in [3.8, 4) is 11.5 Å². The van der Waals surface area contributed by atoms with Gasteiger partial charge >= 0.3 is 0 Å². The molecule has 0 saturated carbocycles. The van der Waals surface area contributed by atoms with E-state index in [0.29, 0.717) is 17.9 Å². The lowest BCUT2D eigenvalue weighted by atomic mass is 10.2. The number of rotatable bonds is 5. The van der Waals surface area contributed by atoms with Crippen molar-refractivity contribution < 1.29 is 9.84 Å². The van der Waals surface area contributed by atoms with Gasteiger partial charge < -0.3 is 9.84 Å². The first-order valence-electron chi connectivity index (χ1n) is 6.10. The minimum Gasteiger partial charge on any atom is -0.504 e. The average Bonchev–Trinajstić information content (AvgIpc) is 2.44. The van der Waals surface area contributed by atoms with Gasteiger partial charge in [-0.1, -0.05) is 24.3 Å². The molecule has 0 amide bonds. The highest BCUT2D eigenvalue weighted by molar-refractivity contribution is 5.85. The van der Waals surface area contributed by atoms with Gasteiger partial charge in [-0.15, -0.1) is 0 Å². The second-order valence-electron chi connectivity index (χ2n) is 3.86. The lowest BCUT2D eigenvalue weighted by molar-refractivity contribution is 0.318. The van der Waals surface area contributed by atoms with Crippen LogP contribution in [0, 0.1) is 0 Å². The zero-order chi connectivity index (χ0) is 13.5. The van der Waals surface area contributed by atoms with E-state index in [2.05, 4.69) is 10.5 Å². The van der Waals surface area contributed by atoms with Crippen LogP contribution in [0.15, 0.2) is 53.6 Å². The van der Waals surface area contributed by atoms with Crippen LogP contribution in [0.1, 0.15) is 12.5 Å². The van der Waals surface area contributed by atoms with E-state index >= 15 is 0 Å². The van der Waals surface area contributed by atoms with Crippen LogP contribution in [0.2, 0.25) is 0 Å². The first-order chi connectivity index (χ1) is 9.31. The van der Waals surface area contributed by atoms with Gasteiger partial charge in [0.25, 0.3) is 0 Å². The summed E-state index contributed by atoms with van der Waals surface area (Å²) in [6.07, 6.45) is 1.56. The molecule has 4 nitrogen and oxygen atoms in total. The number of anilines is 1. The van der Waals surface area contributed by atoms with Crippen LogP contribution in [0.5, 0.6) is 11.5 Å². The van der Waals surface area contributed by atoms with E-state index in [1.165, 1.54) is 0 Å². The molecule has 0 aliphatic rings. The van der Waals surface area contributed by atoms with Crippen LogP contribution in [-0.4, -0.2) is 17.9 Å². The Kier molecular flexibility index (Phi) is 4.39. The van der Waals surface area contributed by atoms with E-state index in [0.717, 1.165) is 5.69 Å². The van der Waals surface area contributed by atoms with E-state index in [-0.39, 0.29) is 5.75 Å². The van der Waals surface area contributed by atoms with Crippen molar-refractivity contribution in [2.45, 2.75) is 6.92 Å². The predicted octanol–water partition coefficient (Wildman–Crippen LogP) is 3.24. The number of nitrogens with zero attached hydrogens (tertiary/aromatic N) is 1. The summed E-state index contributed by atoms with van der Waals surface area (Å²) in [5.41, 5.74) is 4.38. The molecule has 0 saturated heterocycles. The molecule has 0 fully saturated rings. The molecule has 2 aromatic rings. The minimum absolute atomic E-state index is 0.1000. The number of benzene rings is 2. The summed E-state index contributed by atoms with van der Waals surface area (Å²) < 4.78 is 5.31. The van der Waals surface area contributed by atoms with E-state index in [1.807, 2.05) is 43.3 Å². The Labute approximate surface area is 112 Å². The van der Waals surface area contributed by atoms with Crippen LogP contribution in [0.3, 0.4) is 0 Å². The molecule has 0 radical (unpaired) electrons. The first kappa shape index (κ1) is 13.0. The summed E-state index contributed by atoms with van der Waals surface area (Å²) in [6.45, 7) is 2.38. The lowest BCUT2D eigenvalue weighted by Crippen LogP contribution is -1.95. The van der Waals surface area contributed by atoms with Crippen LogP contribution in [0.4, 0.5) is 5.69 Å². The maximum Gasteiger partial charge on any atom is 0.166 e. The molecule has 2 N–H and O–H groups in total. The number of phenols is 1. The fourth-order valence-electron chi connectivity index (χ4n) is 1.60. The van der Waals surface area contributed by atoms with Crippen molar-refractivity contribution in [2.24, 2.45) is 5.10 Å². The van der Waals surface area contributed by atoms with Crippen LogP contribution < -0.4 is 10.2 Å². The smallest absolute Gasteiger partial charge is 0.166 e. The number of aromatic hydroxyl groups is 1. The topological polar surface area (TPSA) is 53.8 Å². The Morgan fingerprint density at radius 1 is 1.16 bits per heavy atom. The number of hydrogen-bond acceptors (Lipinski definition) is 4. The summed E-state index contributed by atoms with van der Waals surface area (Å²) in [6, 6.07) is 14.9. The van der Waals surface area contributed by atoms with Gasteiger partial charge in [-0.3, -0.25) is 5.43 Å². The van der Waals surface area contributed by atoms with Gasteiger partial charge in [0.2, 0.25) is 0 Å². The molecule has 0 heterocycles. The number of phenolic OH excluding ortho intramolecular Hbond substituents is 1. The highest BCUT2D eigenvalue weighted by Crippen LogP contribution is 2.28. The van der Waals surface area contributed by atoms with Crippen molar-refractivity contribution in [1.29, 1.82) is 0 Å². The van der Waals surface area contributed by atoms with Crippen molar-refractivity contribution in [1.82, 2.24) is 0 Å². The first-order valence-corrected chi connectivity index (χ1v) is 6.10. The average molecular weight is 256 g/mol. The van der Waals surface area contributed by atoms with Crippen LogP contribution in [0.25, 0.3) is 0 Å². The summed E-state index contributed by atoms with van der Waals surface area (Å²) in [7, 11) is 0. The van der Waals surface area contributed by atoms with Crippen LogP contribution in [-0.2, 0) is 0 Å². The lowest BCUT2D eigenvalue weighted by Gasteiger charge is -2.07. The van der Waals surface area contributed by atoms with Crippen molar-refractivity contribution in [3.05, 3.63) is 54.1 Å². The molecule has 0 bridgehead atoms. The Bertz CT molecular complexity index is 553. The molecule has 98 valence electrons. The van der Waals surface area contributed by atoms with Gasteiger partial charge in [0.05, 0.1) is 18.5 Å². The number of hydrazone groups is 1. The van der Waals surface area contributed by atoms with E-state index < -0.39 is 0 Å². The molecule has 0 aliphatic heterocycles. The SMILES string of the molecule is CCOc1cccc(C=NNc2ccccc2)c1O. The molecular formula is C15H16N2O2. The van der Waals surface area contributed by atoms with Gasteiger partial charge in [-0.05, 0) is 31.2 Å². The number of hydrogen-bond donors (Lipinski definition) is 2. The van der Waals surface area contributed by atoms with Gasteiger partial charge in [-0.2, -0.15) is 5.10 Å². The molecular weight excluding hydrogens is 240 g/mol. The van der Waals surface area contributed by atoms with E-state index in [9.17, 15) is 5.11 Å². The molecule has 19 heavy (non-hydrogen) atoms. The Balaban J connectivity index is 2.08. The maximum atomic E-state index is 9.97. The molecule has 0 aliphatic carbocycles. The molecule has 0 atom stereocenters. The second kappa shape index (κ2) is 6.44. The third kappa shape index (κ3) is 3.48. The van der Waals surface area contributed by atoms with Gasteiger partial charge in [0, 0.05) is 5.56 Å². The molecule has 0 spiro atoms. The molecule has 2 rings (SSSR count). The van der Waals surface area contributed by atoms with Gasteiger partial charge in [0.15, 0.2) is 11.5 Å². The number of ether oxygens (including phenoxy) is 1. The van der Waals surface area contributed by atoms with Gasteiger partial charge in [-0.25, -0.2) is 0 Å². The number of para-hydroxylation sites is 2. The second-order valence-corrected chi connectivity index (χ2v) is 3.86. The zero-order valence-electron chi connectivity index (χ0n) is 10.7. The third-order valence-electron chi connectivity index (χ3n) is 2.50. The van der Waals surface area contributed by atoms with Crippen LogP contribution >= 0.6 is 0 Å². The predicted molar refractivity (Wildman–Crippen MR) is 76.9 cm³/mol. The maximum absolute atomic E-state index is 9.97. The standard InChI is InChI=1S/C15H16N2O2/c1-2-19-14-10-6-7-12(15(14)18)11-16-17-13-8-4-3-5-9-13/h3-11,17-18H,2H2,1H3. The quantitative estimate of drug-likeness (QED) is 0.638. The fourth-order valence-corrected chi connectivity index (χ4v) is 1.60. The number of nitrogens with one attached hydrogen (secondary N) is 1. The van der Waals surface area contributed by atoms with Crippen molar-refractivity contribution in [3.63, 3.8) is 0 Å². The molecule has 0 unspecified atom stereocenters. The highest BCUT2D eigenvalue weighted by Gasteiger charge is 2.05. The zero-order valence-corrected chi connectivity index (χ0v) is 10.7. The minimum atomic E-state index is 0.1000. The molecule has 0 aromatic heterocycles. The Morgan fingerprint density at radius 2 is 1.95 bits per heavy atom. The Morgan fingerprint density at radius 3 is 2.68 bits per heavy atom. The summed E-state index contributed by atoms with van der Waals surface area (Å²) in [5.74, 6) is 0.564.